The van der Waals surface area contributed by atoms with Crippen molar-refractivity contribution in [3.05, 3.63) is 18.5 Å². The van der Waals surface area contributed by atoms with Crippen molar-refractivity contribution in [1.82, 2.24) is 14.3 Å². The monoisotopic (exact) mass is 168 g/mol. The topological polar surface area (TPSA) is 56.7 Å². The van der Waals surface area contributed by atoms with Gasteiger partial charge >= 0.3 is 0 Å². The second kappa shape index (κ2) is 2.10. The molecule has 0 amide bonds. The zero-order valence-electron chi connectivity index (χ0n) is 5.53. The predicted molar refractivity (Wildman–Crippen MR) is 43.2 cm³/mol. The Hall–Kier alpha value is -1.29. The van der Waals surface area contributed by atoms with Gasteiger partial charge in [0.15, 0.2) is 5.65 Å². The summed E-state index contributed by atoms with van der Waals surface area (Å²) in [5, 5.41) is 4.65. The number of anilines is 1. The number of nitrogen functional groups attached to an aromatic ring is 1. The van der Waals surface area contributed by atoms with Crippen LogP contribution in [0, 0.1) is 0 Å². The molecular weight excluding hydrogens is 164 g/mol. The van der Waals surface area contributed by atoms with Gasteiger partial charge in [0.2, 0.25) is 0 Å². The first-order chi connectivity index (χ1) is 5.27. The zero-order chi connectivity index (χ0) is 7.84. The van der Waals surface area contributed by atoms with Gasteiger partial charge in [0.25, 0.3) is 0 Å². The minimum atomic E-state index is 0.613. The molecule has 56 valence electrons. The molecule has 2 rings (SSSR count). The molecule has 0 aliphatic rings. The van der Waals surface area contributed by atoms with Crippen LogP contribution < -0.4 is 5.73 Å². The van der Waals surface area contributed by atoms with Gasteiger partial charge in [-0.3, -0.25) is 0 Å². The van der Waals surface area contributed by atoms with Gasteiger partial charge in [-0.1, -0.05) is 0 Å². The molecule has 2 heterocycles. The average molecular weight is 169 g/mol. The normalized spacial score (nSPS) is 10.6. The van der Waals surface area contributed by atoms with Crippen LogP contribution in [0.25, 0.3) is 11.0 Å². The van der Waals surface area contributed by atoms with E-state index in [0.29, 0.717) is 11.3 Å². The lowest BCUT2D eigenvalue weighted by Gasteiger charge is -1.91. The van der Waals surface area contributed by atoms with E-state index < -0.39 is 0 Å². The van der Waals surface area contributed by atoms with Gasteiger partial charge in [-0.25, -0.2) is 4.98 Å². The minimum Gasteiger partial charge on any atom is -0.397 e. The van der Waals surface area contributed by atoms with Crippen molar-refractivity contribution in [3.63, 3.8) is 0 Å². The summed E-state index contributed by atoms with van der Waals surface area (Å²) in [6, 6.07) is 1.77. The number of nitrogens with two attached hydrogens (primary N) is 1. The van der Waals surface area contributed by atoms with E-state index in [-0.39, 0.29) is 0 Å². The predicted octanol–water partition coefficient (Wildman–Crippen LogP) is 1.02. The van der Waals surface area contributed by atoms with Crippen molar-refractivity contribution >= 4 is 28.5 Å². The van der Waals surface area contributed by atoms with Crippen molar-refractivity contribution in [2.24, 2.45) is 0 Å². The fourth-order valence-corrected chi connectivity index (χ4v) is 1.09. The largest absolute Gasteiger partial charge is 0.397 e. The number of fused-ring (bicyclic) bond motifs is 1. The molecule has 0 saturated heterocycles. The van der Waals surface area contributed by atoms with Crippen LogP contribution in [0.3, 0.4) is 0 Å². The van der Waals surface area contributed by atoms with E-state index in [9.17, 15) is 0 Å². The van der Waals surface area contributed by atoms with Gasteiger partial charge in [0, 0.05) is 17.2 Å². The van der Waals surface area contributed by atoms with Gasteiger partial charge in [-0.2, -0.15) is 9.30 Å². The summed E-state index contributed by atoms with van der Waals surface area (Å²) >= 11 is 5.63. The molecule has 0 radical (unpaired) electrons. The fourth-order valence-electron chi connectivity index (χ4n) is 0.908. The first-order valence-corrected chi connectivity index (χ1v) is 3.36. The van der Waals surface area contributed by atoms with Gasteiger partial charge < -0.3 is 5.73 Å². The number of hydrogen-bond donors (Lipinski definition) is 1. The highest BCUT2D eigenvalue weighted by atomic mass is 35.5. The first-order valence-electron chi connectivity index (χ1n) is 3.03. The van der Waals surface area contributed by atoms with Gasteiger partial charge in [0.05, 0.1) is 18.1 Å². The quantitative estimate of drug-likeness (QED) is 0.639. The molecule has 0 aliphatic carbocycles. The van der Waals surface area contributed by atoms with Gasteiger partial charge in [0.1, 0.15) is 0 Å². The molecule has 0 spiro atoms. The molecule has 0 bridgehead atoms. The van der Waals surface area contributed by atoms with E-state index in [1.807, 2.05) is 0 Å². The summed E-state index contributed by atoms with van der Waals surface area (Å²) in [5.41, 5.74) is 6.73. The number of pyridine rings is 1. The molecule has 2 aromatic rings. The number of aromatic nitrogens is 3. The molecular formula is C6H5ClN4. The fraction of sp³-hybridized carbons (Fsp3) is 0. The third kappa shape index (κ3) is 0.914. The Morgan fingerprint density at radius 2 is 2.27 bits per heavy atom. The van der Waals surface area contributed by atoms with Crippen LogP contribution in [-0.2, 0) is 0 Å². The van der Waals surface area contributed by atoms with Gasteiger partial charge in [-0.15, -0.1) is 0 Å². The first kappa shape index (κ1) is 6.42. The molecule has 2 N–H and O–H groups in total. The van der Waals surface area contributed by atoms with E-state index >= 15 is 0 Å². The molecule has 0 aliphatic heterocycles. The van der Waals surface area contributed by atoms with Crippen LogP contribution in [0.1, 0.15) is 0 Å². The Balaban J connectivity index is 2.86. The molecule has 5 heteroatoms. The number of hydrogen-bond acceptors (Lipinski definition) is 3. The molecule has 2 aromatic heterocycles. The van der Waals surface area contributed by atoms with Crippen LogP contribution in [0.15, 0.2) is 18.5 Å². The lowest BCUT2D eigenvalue weighted by atomic mass is 10.3. The Labute approximate surface area is 67.7 Å². The van der Waals surface area contributed by atoms with Crippen LogP contribution in [0.5, 0.6) is 0 Å². The maximum Gasteiger partial charge on any atom is 0.175 e. The van der Waals surface area contributed by atoms with Crippen molar-refractivity contribution < 1.29 is 0 Å². The Kier molecular flexibility index (Phi) is 1.22. The highest BCUT2D eigenvalue weighted by Crippen LogP contribution is 2.13. The maximum atomic E-state index is 5.63. The molecule has 0 atom stereocenters. The van der Waals surface area contributed by atoms with Crippen LogP contribution in [0.4, 0.5) is 5.69 Å². The summed E-state index contributed by atoms with van der Waals surface area (Å²) in [6.45, 7) is 0. The lowest BCUT2D eigenvalue weighted by Crippen LogP contribution is -1.88. The number of rotatable bonds is 0. The molecule has 0 unspecified atom stereocenters. The third-order valence-electron chi connectivity index (χ3n) is 1.39. The standard InChI is InChI=1S/C6H5ClN4/c7-11-6-4(2-10-11)1-5(8)3-9-6/h1-3H,8H2. The average Bonchev–Trinajstić information content (AvgIpc) is 2.32. The maximum absolute atomic E-state index is 5.63. The third-order valence-corrected chi connectivity index (χ3v) is 1.64. The van der Waals surface area contributed by atoms with Crippen molar-refractivity contribution in [3.8, 4) is 0 Å². The van der Waals surface area contributed by atoms with Crippen LogP contribution in [0.2, 0.25) is 0 Å². The van der Waals surface area contributed by atoms with Crippen molar-refractivity contribution in [2.45, 2.75) is 0 Å². The molecule has 11 heavy (non-hydrogen) atoms. The second-order valence-corrected chi connectivity index (χ2v) is 2.51. The minimum absolute atomic E-state index is 0.613. The Bertz CT molecular complexity index is 394. The summed E-state index contributed by atoms with van der Waals surface area (Å²) < 4.78 is 1.19. The van der Waals surface area contributed by atoms with E-state index in [0.717, 1.165) is 5.39 Å². The number of halogens is 1. The van der Waals surface area contributed by atoms with Crippen molar-refractivity contribution in [1.29, 1.82) is 0 Å². The van der Waals surface area contributed by atoms with E-state index in [1.54, 1.807) is 18.5 Å². The van der Waals surface area contributed by atoms with E-state index in [1.165, 1.54) is 4.20 Å². The number of nitrogens with zero attached hydrogens (tertiary/aromatic N) is 3. The Morgan fingerprint density at radius 3 is 3.09 bits per heavy atom. The van der Waals surface area contributed by atoms with E-state index in [4.69, 9.17) is 17.5 Å². The summed E-state index contributed by atoms with van der Waals surface area (Å²) in [5.74, 6) is 0. The van der Waals surface area contributed by atoms with E-state index in [2.05, 4.69) is 10.1 Å². The molecule has 0 fully saturated rings. The summed E-state index contributed by atoms with van der Waals surface area (Å²) in [6.07, 6.45) is 3.16. The Morgan fingerprint density at radius 1 is 1.45 bits per heavy atom. The smallest absolute Gasteiger partial charge is 0.175 e. The van der Waals surface area contributed by atoms with Crippen LogP contribution in [-0.4, -0.2) is 14.3 Å². The second-order valence-electron chi connectivity index (χ2n) is 2.19. The molecule has 0 aromatic carbocycles. The van der Waals surface area contributed by atoms with Crippen molar-refractivity contribution in [2.75, 3.05) is 5.73 Å². The SMILES string of the molecule is Nc1cnc2c(cnn2Cl)c1. The van der Waals surface area contributed by atoms with Gasteiger partial charge in [-0.05, 0) is 6.07 Å². The summed E-state index contributed by atoms with van der Waals surface area (Å²) in [7, 11) is 0. The van der Waals surface area contributed by atoms with Crippen LogP contribution >= 0.6 is 11.8 Å². The lowest BCUT2D eigenvalue weighted by molar-refractivity contribution is 1.01. The highest BCUT2D eigenvalue weighted by molar-refractivity contribution is 6.17. The molecule has 0 saturated carbocycles. The summed E-state index contributed by atoms with van der Waals surface area (Å²) in [4.78, 5) is 3.98. The molecule has 4 nitrogen and oxygen atoms in total. The zero-order valence-corrected chi connectivity index (χ0v) is 6.28. The highest BCUT2D eigenvalue weighted by Gasteiger charge is 2.00.